The van der Waals surface area contributed by atoms with E-state index in [1.807, 2.05) is 37.4 Å². The van der Waals surface area contributed by atoms with Crippen molar-refractivity contribution in [3.8, 4) is 5.88 Å². The Kier molecular flexibility index (Phi) is 3.79. The van der Waals surface area contributed by atoms with Crippen molar-refractivity contribution in [3.05, 3.63) is 71.3 Å². The number of aromatic nitrogens is 3. The quantitative estimate of drug-likeness (QED) is 0.604. The molecule has 0 fully saturated rings. The monoisotopic (exact) mass is 340 g/mol. The summed E-state index contributed by atoms with van der Waals surface area (Å²) in [4.78, 5) is 7.73. The molecule has 0 radical (unpaired) electrons. The fourth-order valence-electron chi connectivity index (χ4n) is 2.83. The first-order chi connectivity index (χ1) is 11.7. The maximum absolute atomic E-state index is 10.6. The number of nitrogens with zero attached hydrogens (tertiary/aromatic N) is 4. The van der Waals surface area contributed by atoms with E-state index < -0.39 is 0 Å². The van der Waals surface area contributed by atoms with Crippen molar-refractivity contribution in [2.75, 3.05) is 7.05 Å². The van der Waals surface area contributed by atoms with Crippen LogP contribution in [0.5, 0.6) is 5.88 Å². The summed E-state index contributed by atoms with van der Waals surface area (Å²) in [7, 11) is 2.01. The zero-order chi connectivity index (χ0) is 16.5. The average molecular weight is 340 g/mol. The lowest BCUT2D eigenvalue weighted by atomic mass is 10.1. The standard InChI is InChI=1S/C17H16N4O2S/c1-20(10-12-6-3-2-4-7-12)14(13-8-5-9-23-13)15-16(22)21-17(24-15)18-11-19-21/h2-9,11,14,22H,10H2,1H3. The van der Waals surface area contributed by atoms with Gasteiger partial charge in [0, 0.05) is 6.54 Å². The van der Waals surface area contributed by atoms with Crippen LogP contribution in [0, 0.1) is 0 Å². The molecule has 1 atom stereocenters. The van der Waals surface area contributed by atoms with Crippen LogP contribution in [0.4, 0.5) is 0 Å². The van der Waals surface area contributed by atoms with E-state index in [4.69, 9.17) is 4.42 Å². The summed E-state index contributed by atoms with van der Waals surface area (Å²) in [5.41, 5.74) is 1.19. The highest BCUT2D eigenvalue weighted by molar-refractivity contribution is 7.17. The fourth-order valence-corrected chi connectivity index (χ4v) is 3.93. The third-order valence-electron chi connectivity index (χ3n) is 3.92. The molecule has 4 rings (SSSR count). The van der Waals surface area contributed by atoms with E-state index in [1.54, 1.807) is 6.26 Å². The van der Waals surface area contributed by atoms with Crippen molar-refractivity contribution in [2.45, 2.75) is 12.6 Å². The lowest BCUT2D eigenvalue weighted by Crippen LogP contribution is -2.24. The first-order valence-corrected chi connectivity index (χ1v) is 8.34. The van der Waals surface area contributed by atoms with Gasteiger partial charge in [0.15, 0.2) is 0 Å². The largest absolute Gasteiger partial charge is 0.492 e. The summed E-state index contributed by atoms with van der Waals surface area (Å²) in [6.07, 6.45) is 3.08. The number of furan rings is 1. The van der Waals surface area contributed by atoms with Gasteiger partial charge in [0.2, 0.25) is 10.8 Å². The van der Waals surface area contributed by atoms with Gasteiger partial charge >= 0.3 is 0 Å². The van der Waals surface area contributed by atoms with Crippen molar-refractivity contribution in [1.29, 1.82) is 0 Å². The van der Waals surface area contributed by atoms with Gasteiger partial charge in [0.05, 0.1) is 11.1 Å². The highest BCUT2D eigenvalue weighted by Crippen LogP contribution is 2.39. The maximum atomic E-state index is 10.6. The number of fused-ring (bicyclic) bond motifs is 1. The highest BCUT2D eigenvalue weighted by atomic mass is 32.1. The van der Waals surface area contributed by atoms with Crippen LogP contribution in [0.3, 0.4) is 0 Å². The van der Waals surface area contributed by atoms with E-state index in [2.05, 4.69) is 27.1 Å². The SMILES string of the molecule is CN(Cc1ccccc1)C(c1ccco1)c1sc2ncnn2c1O. The van der Waals surface area contributed by atoms with Crippen LogP contribution in [-0.4, -0.2) is 31.7 Å². The zero-order valence-electron chi connectivity index (χ0n) is 13.0. The second-order valence-corrected chi connectivity index (χ2v) is 6.57. The third kappa shape index (κ3) is 2.57. The molecule has 7 heteroatoms. The van der Waals surface area contributed by atoms with Crippen molar-refractivity contribution < 1.29 is 9.52 Å². The van der Waals surface area contributed by atoms with Crippen molar-refractivity contribution in [3.63, 3.8) is 0 Å². The Morgan fingerprint density at radius 2 is 2.08 bits per heavy atom. The summed E-state index contributed by atoms with van der Waals surface area (Å²) in [6.45, 7) is 0.722. The normalized spacial score (nSPS) is 12.9. The van der Waals surface area contributed by atoms with Crippen LogP contribution in [0.1, 0.15) is 22.2 Å². The summed E-state index contributed by atoms with van der Waals surface area (Å²) in [5, 5.41) is 14.6. The van der Waals surface area contributed by atoms with Gasteiger partial charge in [0.25, 0.3) is 0 Å². The molecular weight excluding hydrogens is 324 g/mol. The maximum Gasteiger partial charge on any atom is 0.230 e. The van der Waals surface area contributed by atoms with Crippen LogP contribution < -0.4 is 0 Å². The Morgan fingerprint density at radius 3 is 2.79 bits per heavy atom. The molecule has 122 valence electrons. The van der Waals surface area contributed by atoms with Crippen LogP contribution in [0.2, 0.25) is 0 Å². The molecule has 3 heterocycles. The minimum absolute atomic E-state index is 0.105. The van der Waals surface area contributed by atoms with Gasteiger partial charge < -0.3 is 9.52 Å². The average Bonchev–Trinajstić information content (AvgIpc) is 3.30. The Hall–Kier alpha value is -2.64. The van der Waals surface area contributed by atoms with Gasteiger partial charge in [-0.1, -0.05) is 41.7 Å². The molecule has 1 aromatic carbocycles. The Balaban J connectivity index is 1.74. The summed E-state index contributed by atoms with van der Waals surface area (Å²) >= 11 is 1.41. The zero-order valence-corrected chi connectivity index (χ0v) is 13.8. The molecule has 3 aromatic heterocycles. The van der Waals surface area contributed by atoms with Gasteiger partial charge in [0.1, 0.15) is 18.1 Å². The van der Waals surface area contributed by atoms with Crippen LogP contribution in [0.15, 0.2) is 59.5 Å². The molecule has 1 unspecified atom stereocenters. The number of benzene rings is 1. The molecule has 0 aliphatic carbocycles. The molecule has 6 nitrogen and oxygen atoms in total. The molecule has 1 N–H and O–H groups in total. The predicted octanol–water partition coefficient (Wildman–Crippen LogP) is 3.31. The Labute approximate surface area is 142 Å². The van der Waals surface area contributed by atoms with Crippen molar-refractivity contribution in [1.82, 2.24) is 19.5 Å². The summed E-state index contributed by atoms with van der Waals surface area (Å²) < 4.78 is 7.09. The van der Waals surface area contributed by atoms with Crippen LogP contribution in [-0.2, 0) is 6.54 Å². The smallest absolute Gasteiger partial charge is 0.230 e. The molecule has 24 heavy (non-hydrogen) atoms. The first-order valence-electron chi connectivity index (χ1n) is 7.53. The minimum atomic E-state index is -0.214. The molecule has 0 aliphatic heterocycles. The predicted molar refractivity (Wildman–Crippen MR) is 91.0 cm³/mol. The van der Waals surface area contributed by atoms with Crippen molar-refractivity contribution in [2.24, 2.45) is 0 Å². The molecule has 0 saturated heterocycles. The van der Waals surface area contributed by atoms with E-state index in [-0.39, 0.29) is 11.9 Å². The molecule has 0 bridgehead atoms. The molecule has 0 spiro atoms. The molecule has 4 aromatic rings. The minimum Gasteiger partial charge on any atom is -0.492 e. The third-order valence-corrected chi connectivity index (χ3v) is 5.00. The summed E-state index contributed by atoms with van der Waals surface area (Å²) in [5.74, 6) is 0.877. The number of aromatic hydroxyl groups is 1. The van der Waals surface area contributed by atoms with E-state index in [0.29, 0.717) is 4.96 Å². The Bertz CT molecular complexity index is 930. The molecule has 0 saturated carbocycles. The highest BCUT2D eigenvalue weighted by Gasteiger charge is 2.29. The van der Waals surface area contributed by atoms with E-state index >= 15 is 0 Å². The molecule has 0 amide bonds. The van der Waals surface area contributed by atoms with Crippen LogP contribution in [0.25, 0.3) is 4.96 Å². The Morgan fingerprint density at radius 1 is 1.25 bits per heavy atom. The lowest BCUT2D eigenvalue weighted by molar-refractivity contribution is 0.238. The van der Waals surface area contributed by atoms with Gasteiger partial charge in [-0.05, 0) is 24.7 Å². The van der Waals surface area contributed by atoms with Gasteiger partial charge in [-0.15, -0.1) is 0 Å². The second kappa shape index (κ2) is 6.10. The van der Waals surface area contributed by atoms with Gasteiger partial charge in [-0.2, -0.15) is 9.61 Å². The second-order valence-electron chi connectivity index (χ2n) is 5.56. The number of hydrogen-bond acceptors (Lipinski definition) is 6. The topological polar surface area (TPSA) is 66.8 Å². The molecular formula is C17H16N4O2S. The number of thiazole rings is 1. The van der Waals surface area contributed by atoms with Crippen LogP contribution >= 0.6 is 11.3 Å². The fraction of sp³-hybridized carbons (Fsp3) is 0.176. The first kappa shape index (κ1) is 14.9. The van der Waals surface area contributed by atoms with Gasteiger partial charge in [-0.3, -0.25) is 4.90 Å². The number of rotatable bonds is 5. The molecule has 0 aliphatic rings. The summed E-state index contributed by atoms with van der Waals surface area (Å²) in [6, 6.07) is 13.8. The van der Waals surface area contributed by atoms with E-state index in [9.17, 15) is 5.11 Å². The van der Waals surface area contributed by atoms with Gasteiger partial charge in [-0.25, -0.2) is 4.98 Å². The lowest BCUT2D eigenvalue weighted by Gasteiger charge is -2.25. The number of hydrogen-bond donors (Lipinski definition) is 1. The van der Waals surface area contributed by atoms with E-state index in [1.165, 1.54) is 27.7 Å². The van der Waals surface area contributed by atoms with E-state index in [0.717, 1.165) is 17.2 Å². The van der Waals surface area contributed by atoms with Crippen molar-refractivity contribution >= 4 is 16.3 Å².